The van der Waals surface area contributed by atoms with E-state index < -0.39 is 11.9 Å². The summed E-state index contributed by atoms with van der Waals surface area (Å²) in [6.07, 6.45) is 7.28. The molecule has 0 spiro atoms. The van der Waals surface area contributed by atoms with Crippen LogP contribution in [0.15, 0.2) is 30.3 Å². The number of nitrogens with one attached hydrogen (secondary N) is 2. The largest absolute Gasteiger partial charge is 0.368 e. The number of rotatable bonds is 14. The molecule has 1 aromatic rings. The first kappa shape index (κ1) is 23.7. The van der Waals surface area contributed by atoms with E-state index in [9.17, 15) is 14.4 Å². The Morgan fingerprint density at radius 1 is 0.893 bits per heavy atom. The topological polar surface area (TPSA) is 101 Å². The fourth-order valence-corrected chi connectivity index (χ4v) is 3.05. The average molecular weight is 390 g/mol. The van der Waals surface area contributed by atoms with E-state index in [0.29, 0.717) is 6.42 Å². The number of unbranched alkanes of at least 4 members (excludes halogenated alkanes) is 5. The fraction of sp³-hybridized carbons (Fsp3) is 0.591. The van der Waals surface area contributed by atoms with Gasteiger partial charge < -0.3 is 16.4 Å². The molecule has 0 saturated carbocycles. The quantitative estimate of drug-likeness (QED) is 0.425. The van der Waals surface area contributed by atoms with Gasteiger partial charge in [0.1, 0.15) is 6.04 Å². The molecule has 2 atom stereocenters. The summed E-state index contributed by atoms with van der Waals surface area (Å²) >= 11 is 0. The highest BCUT2D eigenvalue weighted by molar-refractivity contribution is 5.88. The predicted octanol–water partition coefficient (Wildman–Crippen LogP) is 3.36. The van der Waals surface area contributed by atoms with Crippen molar-refractivity contribution in [3.63, 3.8) is 0 Å². The van der Waals surface area contributed by atoms with Crippen LogP contribution in [0.2, 0.25) is 0 Å². The lowest BCUT2D eigenvalue weighted by molar-refractivity contribution is -0.129. The molecule has 0 aliphatic heterocycles. The third-order valence-corrected chi connectivity index (χ3v) is 4.78. The van der Waals surface area contributed by atoms with E-state index in [4.69, 9.17) is 5.73 Å². The Balaban J connectivity index is 2.29. The highest BCUT2D eigenvalue weighted by Crippen LogP contribution is 2.12. The molecule has 0 radical (unpaired) electrons. The minimum atomic E-state index is -0.662. The maximum absolute atomic E-state index is 12.1. The normalized spacial score (nSPS) is 12.8. The molecule has 0 unspecified atom stereocenters. The minimum absolute atomic E-state index is 0.0353. The van der Waals surface area contributed by atoms with Crippen LogP contribution in [-0.4, -0.2) is 23.8 Å². The van der Waals surface area contributed by atoms with Crippen LogP contribution in [0.3, 0.4) is 0 Å². The minimum Gasteiger partial charge on any atom is -0.368 e. The number of primary amides is 1. The van der Waals surface area contributed by atoms with Gasteiger partial charge in [0.05, 0.1) is 6.04 Å². The SMILES string of the molecule is CCCCCCCC[C@@H](NC(=O)CCC(=O)N[C@H](C)c1ccccc1)C(N)=O. The van der Waals surface area contributed by atoms with E-state index in [1.54, 1.807) is 0 Å². The van der Waals surface area contributed by atoms with E-state index in [1.807, 2.05) is 37.3 Å². The summed E-state index contributed by atoms with van der Waals surface area (Å²) in [5.74, 6) is -1.04. The summed E-state index contributed by atoms with van der Waals surface area (Å²) in [4.78, 5) is 35.7. The van der Waals surface area contributed by atoms with Gasteiger partial charge in [0.2, 0.25) is 17.7 Å². The number of hydrogen-bond donors (Lipinski definition) is 3. The van der Waals surface area contributed by atoms with Crippen LogP contribution in [0.5, 0.6) is 0 Å². The van der Waals surface area contributed by atoms with E-state index in [1.165, 1.54) is 19.3 Å². The number of benzene rings is 1. The van der Waals surface area contributed by atoms with Crippen LogP contribution in [-0.2, 0) is 14.4 Å². The van der Waals surface area contributed by atoms with Crippen LogP contribution in [0.25, 0.3) is 0 Å². The second-order valence-electron chi connectivity index (χ2n) is 7.28. The van der Waals surface area contributed by atoms with Crippen molar-refractivity contribution in [3.8, 4) is 0 Å². The lowest BCUT2D eigenvalue weighted by Gasteiger charge is -2.16. The second kappa shape index (κ2) is 13.7. The molecule has 0 fully saturated rings. The molecule has 0 heterocycles. The van der Waals surface area contributed by atoms with Gasteiger partial charge in [0.15, 0.2) is 0 Å². The van der Waals surface area contributed by atoms with Crippen LogP contribution < -0.4 is 16.4 Å². The molecular formula is C22H35N3O3. The summed E-state index contributed by atoms with van der Waals surface area (Å²) in [7, 11) is 0. The van der Waals surface area contributed by atoms with Crippen molar-refractivity contribution in [2.45, 2.75) is 83.7 Å². The number of hydrogen-bond acceptors (Lipinski definition) is 3. The van der Waals surface area contributed by atoms with Crippen molar-refractivity contribution >= 4 is 17.7 Å². The lowest BCUT2D eigenvalue weighted by Crippen LogP contribution is -2.44. The zero-order valence-corrected chi connectivity index (χ0v) is 17.2. The van der Waals surface area contributed by atoms with Gasteiger partial charge in [-0.2, -0.15) is 0 Å². The molecule has 156 valence electrons. The first-order valence-electron chi connectivity index (χ1n) is 10.4. The maximum atomic E-state index is 12.1. The van der Waals surface area contributed by atoms with Crippen LogP contribution >= 0.6 is 0 Å². The molecule has 4 N–H and O–H groups in total. The Bertz CT molecular complexity index is 604. The van der Waals surface area contributed by atoms with Crippen molar-refractivity contribution in [1.82, 2.24) is 10.6 Å². The number of nitrogens with two attached hydrogens (primary N) is 1. The number of carbonyl (C=O) groups is 3. The molecule has 0 aliphatic rings. The molecule has 1 rings (SSSR count). The molecular weight excluding hydrogens is 354 g/mol. The van der Waals surface area contributed by atoms with Crippen LogP contribution in [0, 0.1) is 0 Å². The molecule has 0 bridgehead atoms. The maximum Gasteiger partial charge on any atom is 0.239 e. The highest BCUT2D eigenvalue weighted by atomic mass is 16.2. The van der Waals surface area contributed by atoms with Gasteiger partial charge in [-0.05, 0) is 18.9 Å². The Labute approximate surface area is 168 Å². The van der Waals surface area contributed by atoms with Gasteiger partial charge >= 0.3 is 0 Å². The van der Waals surface area contributed by atoms with Crippen LogP contribution in [0.1, 0.15) is 83.2 Å². The highest BCUT2D eigenvalue weighted by Gasteiger charge is 2.18. The molecule has 3 amide bonds. The molecule has 6 heteroatoms. The predicted molar refractivity (Wildman–Crippen MR) is 111 cm³/mol. The standard InChI is InChI=1S/C22H35N3O3/c1-3-4-5-6-7-11-14-19(22(23)28)25-21(27)16-15-20(26)24-17(2)18-12-9-8-10-13-18/h8-10,12-13,17,19H,3-7,11,14-16H2,1-2H3,(H2,23,28)(H,24,26)(H,25,27)/t17-,19-/m1/s1. The Hall–Kier alpha value is -2.37. The monoisotopic (exact) mass is 389 g/mol. The summed E-state index contributed by atoms with van der Waals surface area (Å²) in [6, 6.07) is 8.85. The fourth-order valence-electron chi connectivity index (χ4n) is 3.05. The first-order chi connectivity index (χ1) is 13.4. The second-order valence-corrected chi connectivity index (χ2v) is 7.28. The van der Waals surface area contributed by atoms with Gasteiger partial charge in [-0.3, -0.25) is 14.4 Å². The molecule has 0 aliphatic carbocycles. The lowest BCUT2D eigenvalue weighted by atomic mass is 10.0. The zero-order chi connectivity index (χ0) is 20.8. The molecule has 1 aromatic carbocycles. The third-order valence-electron chi connectivity index (χ3n) is 4.78. The molecule has 0 aromatic heterocycles. The van der Waals surface area contributed by atoms with Crippen molar-refractivity contribution in [3.05, 3.63) is 35.9 Å². The van der Waals surface area contributed by atoms with E-state index in [0.717, 1.165) is 24.8 Å². The summed E-state index contributed by atoms with van der Waals surface area (Å²) in [5.41, 5.74) is 6.41. The van der Waals surface area contributed by atoms with Crippen LogP contribution in [0.4, 0.5) is 0 Å². The molecule has 0 saturated heterocycles. The first-order valence-corrected chi connectivity index (χ1v) is 10.4. The van der Waals surface area contributed by atoms with E-state index in [-0.39, 0.29) is 30.7 Å². The van der Waals surface area contributed by atoms with Gasteiger partial charge in [-0.1, -0.05) is 75.8 Å². The van der Waals surface area contributed by atoms with Crippen molar-refractivity contribution in [2.24, 2.45) is 5.73 Å². The summed E-state index contributed by atoms with van der Waals surface area (Å²) in [6.45, 7) is 4.07. The van der Waals surface area contributed by atoms with Gasteiger partial charge in [0, 0.05) is 12.8 Å². The Morgan fingerprint density at radius 2 is 1.46 bits per heavy atom. The molecule has 28 heavy (non-hydrogen) atoms. The van der Waals surface area contributed by atoms with E-state index >= 15 is 0 Å². The summed E-state index contributed by atoms with van der Waals surface area (Å²) in [5, 5.41) is 5.54. The number of amides is 3. The van der Waals surface area contributed by atoms with Gasteiger partial charge in [-0.15, -0.1) is 0 Å². The van der Waals surface area contributed by atoms with Crippen molar-refractivity contribution in [1.29, 1.82) is 0 Å². The van der Waals surface area contributed by atoms with Gasteiger partial charge in [-0.25, -0.2) is 0 Å². The summed E-state index contributed by atoms with van der Waals surface area (Å²) < 4.78 is 0. The molecule has 6 nitrogen and oxygen atoms in total. The number of carbonyl (C=O) groups excluding carboxylic acids is 3. The average Bonchev–Trinajstić information content (AvgIpc) is 2.68. The smallest absolute Gasteiger partial charge is 0.239 e. The van der Waals surface area contributed by atoms with Crippen molar-refractivity contribution < 1.29 is 14.4 Å². The Kier molecular flexibility index (Phi) is 11.6. The zero-order valence-electron chi connectivity index (χ0n) is 17.2. The third kappa shape index (κ3) is 10.1. The Morgan fingerprint density at radius 3 is 2.07 bits per heavy atom. The van der Waals surface area contributed by atoms with Crippen molar-refractivity contribution in [2.75, 3.05) is 0 Å². The van der Waals surface area contributed by atoms with E-state index in [2.05, 4.69) is 17.6 Å². The van der Waals surface area contributed by atoms with Gasteiger partial charge in [0.25, 0.3) is 0 Å².